The van der Waals surface area contributed by atoms with Gasteiger partial charge in [0.25, 0.3) is 5.56 Å². The molecule has 8 nitrogen and oxygen atoms in total. The summed E-state index contributed by atoms with van der Waals surface area (Å²) in [5, 5.41) is 3.69. The van der Waals surface area contributed by atoms with Crippen molar-refractivity contribution < 1.29 is 8.42 Å². The van der Waals surface area contributed by atoms with Crippen molar-refractivity contribution in [2.45, 2.75) is 44.9 Å². The lowest BCUT2D eigenvalue weighted by Gasteiger charge is -2.32. The minimum absolute atomic E-state index is 0.0781. The summed E-state index contributed by atoms with van der Waals surface area (Å²) in [6.07, 6.45) is 3.08. The van der Waals surface area contributed by atoms with Gasteiger partial charge in [-0.2, -0.15) is 4.98 Å². The first-order chi connectivity index (χ1) is 15.2. The van der Waals surface area contributed by atoms with E-state index in [2.05, 4.69) is 15.3 Å². The Kier molecular flexibility index (Phi) is 6.05. The number of piperidine rings is 1. The molecule has 9 heteroatoms. The average molecular weight is 456 g/mol. The van der Waals surface area contributed by atoms with E-state index in [0.29, 0.717) is 43.1 Å². The van der Waals surface area contributed by atoms with Crippen LogP contribution in [0.1, 0.15) is 32.3 Å². The van der Waals surface area contributed by atoms with Gasteiger partial charge in [0.15, 0.2) is 0 Å². The molecule has 1 N–H and O–H groups in total. The summed E-state index contributed by atoms with van der Waals surface area (Å²) in [7, 11) is -1.51. The van der Waals surface area contributed by atoms with E-state index in [-0.39, 0.29) is 11.6 Å². The lowest BCUT2D eigenvalue weighted by atomic mass is 10.0. The first-order valence-corrected chi connectivity index (χ1v) is 12.4. The number of hydrogen-bond donors (Lipinski definition) is 1. The molecule has 170 valence electrons. The predicted octanol–water partition coefficient (Wildman–Crippen LogP) is 2.92. The minimum Gasteiger partial charge on any atom is -0.351 e. The number of aromatic nitrogens is 3. The summed E-state index contributed by atoms with van der Waals surface area (Å²) in [4.78, 5) is 22.1. The predicted molar refractivity (Wildman–Crippen MR) is 127 cm³/mol. The van der Waals surface area contributed by atoms with Crippen LogP contribution in [0.2, 0.25) is 0 Å². The third-order valence-electron chi connectivity index (χ3n) is 6.13. The van der Waals surface area contributed by atoms with E-state index in [1.54, 1.807) is 36.0 Å². The molecule has 0 saturated carbocycles. The van der Waals surface area contributed by atoms with Crippen molar-refractivity contribution in [3.05, 3.63) is 52.4 Å². The normalized spacial score (nSPS) is 16.0. The molecule has 32 heavy (non-hydrogen) atoms. The Morgan fingerprint density at radius 1 is 1.12 bits per heavy atom. The minimum atomic E-state index is -3.23. The molecule has 0 radical (unpaired) electrons. The number of anilines is 1. The van der Waals surface area contributed by atoms with Crippen LogP contribution in [-0.2, 0) is 17.1 Å². The lowest BCUT2D eigenvalue weighted by Crippen LogP contribution is -2.45. The van der Waals surface area contributed by atoms with Crippen LogP contribution in [0.25, 0.3) is 22.2 Å². The van der Waals surface area contributed by atoms with Crippen LogP contribution in [0.4, 0.5) is 5.95 Å². The molecule has 1 aliphatic heterocycles. The zero-order valence-corrected chi connectivity index (χ0v) is 19.7. The van der Waals surface area contributed by atoms with E-state index < -0.39 is 15.3 Å². The Labute approximate surface area is 188 Å². The van der Waals surface area contributed by atoms with Crippen molar-refractivity contribution in [3.8, 4) is 11.1 Å². The standard InChI is InChI=1S/C23H29N5O3S/c1-15(2)32(30,31)28-11-9-18(10-12-28)25-23-24-14-17-13-20(19-8-6-5-7-16(19)3)22(29)27(4)21(17)26-23/h5-8,13-15,18H,9-12H2,1-4H3,(H,24,25,26). The first-order valence-electron chi connectivity index (χ1n) is 10.9. The quantitative estimate of drug-likeness (QED) is 0.635. The van der Waals surface area contributed by atoms with Gasteiger partial charge in [0.1, 0.15) is 5.65 Å². The van der Waals surface area contributed by atoms with Gasteiger partial charge in [-0.15, -0.1) is 0 Å². The number of hydrogen-bond acceptors (Lipinski definition) is 6. The highest BCUT2D eigenvalue weighted by molar-refractivity contribution is 7.89. The molecule has 0 amide bonds. The largest absolute Gasteiger partial charge is 0.351 e. The SMILES string of the molecule is Cc1ccccc1-c1cc2cnc(NC3CCN(S(=O)(=O)C(C)C)CC3)nc2n(C)c1=O. The molecule has 0 aliphatic carbocycles. The molecule has 3 heterocycles. The smallest absolute Gasteiger partial charge is 0.259 e. The number of aryl methyl sites for hydroxylation is 2. The summed E-state index contributed by atoms with van der Waals surface area (Å²) >= 11 is 0. The van der Waals surface area contributed by atoms with E-state index in [0.717, 1.165) is 16.5 Å². The van der Waals surface area contributed by atoms with Crippen LogP contribution in [0, 0.1) is 6.92 Å². The third-order valence-corrected chi connectivity index (χ3v) is 8.40. The Balaban J connectivity index is 1.56. The molecular formula is C23H29N5O3S. The molecule has 1 saturated heterocycles. The maximum Gasteiger partial charge on any atom is 0.259 e. The second-order valence-corrected chi connectivity index (χ2v) is 11.1. The monoisotopic (exact) mass is 455 g/mol. The highest BCUT2D eigenvalue weighted by atomic mass is 32.2. The van der Waals surface area contributed by atoms with Crippen molar-refractivity contribution >= 4 is 27.0 Å². The van der Waals surface area contributed by atoms with Gasteiger partial charge in [-0.25, -0.2) is 17.7 Å². The molecule has 2 aromatic heterocycles. The van der Waals surface area contributed by atoms with E-state index in [4.69, 9.17) is 0 Å². The number of nitrogens with zero attached hydrogens (tertiary/aromatic N) is 4. The fourth-order valence-corrected chi connectivity index (χ4v) is 5.44. The molecule has 1 aromatic carbocycles. The van der Waals surface area contributed by atoms with Crippen molar-refractivity contribution in [1.29, 1.82) is 0 Å². The highest BCUT2D eigenvalue weighted by Crippen LogP contribution is 2.24. The summed E-state index contributed by atoms with van der Waals surface area (Å²) in [5.41, 5.74) is 3.02. The number of pyridine rings is 1. The van der Waals surface area contributed by atoms with Crippen molar-refractivity contribution in [1.82, 2.24) is 18.8 Å². The third kappa shape index (κ3) is 4.14. The van der Waals surface area contributed by atoms with Crippen molar-refractivity contribution in [2.24, 2.45) is 7.05 Å². The van der Waals surface area contributed by atoms with Crippen LogP contribution in [-0.4, -0.2) is 51.6 Å². The summed E-state index contributed by atoms with van der Waals surface area (Å²) in [6, 6.07) is 9.73. The molecule has 1 fully saturated rings. The van der Waals surface area contributed by atoms with Gasteiger partial charge in [0.2, 0.25) is 16.0 Å². The van der Waals surface area contributed by atoms with Gasteiger partial charge >= 0.3 is 0 Å². The van der Waals surface area contributed by atoms with Crippen LogP contribution in [0.15, 0.2) is 41.3 Å². The van der Waals surface area contributed by atoms with Crippen molar-refractivity contribution in [2.75, 3.05) is 18.4 Å². The van der Waals surface area contributed by atoms with Gasteiger partial charge in [-0.3, -0.25) is 9.36 Å². The van der Waals surface area contributed by atoms with Gasteiger partial charge in [0.05, 0.1) is 5.25 Å². The molecule has 0 unspecified atom stereocenters. The zero-order chi connectivity index (χ0) is 23.0. The van der Waals surface area contributed by atoms with Crippen molar-refractivity contribution in [3.63, 3.8) is 0 Å². The molecular weight excluding hydrogens is 426 g/mol. The van der Waals surface area contributed by atoms with E-state index in [1.807, 2.05) is 37.3 Å². The zero-order valence-electron chi connectivity index (χ0n) is 18.9. The Hall–Kier alpha value is -2.78. The van der Waals surface area contributed by atoms with E-state index in [1.165, 1.54) is 0 Å². The topological polar surface area (TPSA) is 97.2 Å². The van der Waals surface area contributed by atoms with E-state index >= 15 is 0 Å². The van der Waals surface area contributed by atoms with Gasteiger partial charge in [-0.05, 0) is 50.8 Å². The van der Waals surface area contributed by atoms with E-state index in [9.17, 15) is 13.2 Å². The van der Waals surface area contributed by atoms with Crippen LogP contribution in [0.3, 0.4) is 0 Å². The van der Waals surface area contributed by atoms with Gasteiger partial charge < -0.3 is 5.32 Å². The number of sulfonamides is 1. The molecule has 0 atom stereocenters. The molecule has 0 bridgehead atoms. The molecule has 1 aliphatic rings. The Bertz CT molecular complexity index is 1310. The van der Waals surface area contributed by atoms with Crippen LogP contribution >= 0.6 is 0 Å². The summed E-state index contributed by atoms with van der Waals surface area (Å²) in [6.45, 7) is 6.35. The summed E-state index contributed by atoms with van der Waals surface area (Å²) in [5.74, 6) is 0.446. The second-order valence-electron chi connectivity index (χ2n) is 8.62. The number of fused-ring (bicyclic) bond motifs is 1. The van der Waals surface area contributed by atoms with Crippen LogP contribution < -0.4 is 10.9 Å². The lowest BCUT2D eigenvalue weighted by molar-refractivity contribution is 0.326. The number of rotatable bonds is 5. The second kappa shape index (κ2) is 8.63. The van der Waals surface area contributed by atoms with Gasteiger partial charge in [-0.1, -0.05) is 24.3 Å². The first kappa shape index (κ1) is 22.4. The molecule has 3 aromatic rings. The Morgan fingerprint density at radius 3 is 2.47 bits per heavy atom. The maximum atomic E-state index is 13.0. The fourth-order valence-electron chi connectivity index (χ4n) is 4.12. The number of benzene rings is 1. The highest BCUT2D eigenvalue weighted by Gasteiger charge is 2.30. The maximum absolute atomic E-state index is 13.0. The molecule has 4 rings (SSSR count). The Morgan fingerprint density at radius 2 is 1.81 bits per heavy atom. The summed E-state index contributed by atoms with van der Waals surface area (Å²) < 4.78 is 27.9. The fraction of sp³-hybridized carbons (Fsp3) is 0.435. The molecule has 0 spiro atoms. The average Bonchev–Trinajstić information content (AvgIpc) is 2.77. The van der Waals surface area contributed by atoms with Gasteiger partial charge in [0, 0.05) is 43.3 Å². The number of nitrogens with one attached hydrogen (secondary N) is 1. The van der Waals surface area contributed by atoms with Crippen LogP contribution in [0.5, 0.6) is 0 Å².